The molecule has 0 atom stereocenters. The molecule has 0 saturated carbocycles. The molecule has 264 valence electrons. The summed E-state index contributed by atoms with van der Waals surface area (Å²) >= 11 is 0. The molecule has 0 aliphatic heterocycles. The third-order valence-electron chi connectivity index (χ3n) is 11.6. The number of hydrogen-bond acceptors (Lipinski definition) is 0. The fourth-order valence-corrected chi connectivity index (χ4v) is 8.80. The van der Waals surface area contributed by atoms with E-state index in [4.69, 9.17) is 0 Å². The van der Waals surface area contributed by atoms with Crippen molar-refractivity contribution < 1.29 is 0 Å². The van der Waals surface area contributed by atoms with E-state index in [0.717, 1.165) is 24.2 Å². The maximum absolute atomic E-state index is 2.41. The van der Waals surface area contributed by atoms with E-state index in [0.29, 0.717) is 0 Å². The first kappa shape index (κ1) is 32.3. The number of rotatable bonds is 6. The Morgan fingerprint density at radius 1 is 0.304 bits per heavy atom. The lowest BCUT2D eigenvalue weighted by Gasteiger charge is -2.11. The van der Waals surface area contributed by atoms with E-state index in [1.807, 2.05) is 0 Å². The van der Waals surface area contributed by atoms with Crippen molar-refractivity contribution in [1.29, 1.82) is 0 Å². The second-order valence-corrected chi connectivity index (χ2v) is 14.8. The zero-order valence-corrected chi connectivity index (χ0v) is 30.9. The largest absolute Gasteiger partial charge is 0.309 e. The normalized spacial score (nSPS) is 12.9. The molecular formula is C54H38N2. The van der Waals surface area contributed by atoms with Crippen LogP contribution in [0.1, 0.15) is 18.4 Å². The van der Waals surface area contributed by atoms with Gasteiger partial charge in [0.1, 0.15) is 0 Å². The Bertz CT molecular complexity index is 3150. The fourth-order valence-electron chi connectivity index (χ4n) is 8.80. The number of benzene rings is 8. The van der Waals surface area contributed by atoms with Crippen molar-refractivity contribution >= 4 is 49.2 Å². The van der Waals surface area contributed by atoms with Gasteiger partial charge in [0.25, 0.3) is 0 Å². The van der Waals surface area contributed by atoms with Crippen LogP contribution in [-0.4, -0.2) is 9.13 Å². The van der Waals surface area contributed by atoms with Gasteiger partial charge < -0.3 is 9.13 Å². The molecule has 2 aromatic heterocycles. The van der Waals surface area contributed by atoms with Crippen LogP contribution in [0.25, 0.3) is 93.9 Å². The molecule has 0 bridgehead atoms. The zero-order valence-electron chi connectivity index (χ0n) is 30.9. The summed E-state index contributed by atoms with van der Waals surface area (Å²) in [6.07, 6.45) is 9.10. The fraction of sp³-hybridized carbons (Fsp3) is 0.0370. The number of hydrogen-bond donors (Lipinski definition) is 0. The Balaban J connectivity index is 0.976. The minimum Gasteiger partial charge on any atom is -0.309 e. The predicted octanol–water partition coefficient (Wildman–Crippen LogP) is 14.6. The summed E-state index contributed by atoms with van der Waals surface area (Å²) in [6, 6.07) is 69.0. The van der Waals surface area contributed by atoms with Crippen molar-refractivity contribution in [3.8, 4) is 44.8 Å². The molecule has 0 saturated heterocycles. The van der Waals surface area contributed by atoms with E-state index in [9.17, 15) is 0 Å². The van der Waals surface area contributed by atoms with Gasteiger partial charge in [0.2, 0.25) is 0 Å². The minimum atomic E-state index is 1.12. The van der Waals surface area contributed by atoms with Crippen molar-refractivity contribution in [2.45, 2.75) is 12.8 Å². The molecule has 1 aliphatic carbocycles. The number of nitrogens with zero attached hydrogens (tertiary/aromatic N) is 2. The summed E-state index contributed by atoms with van der Waals surface area (Å²) < 4.78 is 4.81. The van der Waals surface area contributed by atoms with Crippen LogP contribution in [0.5, 0.6) is 0 Å². The number of fused-ring (bicyclic) bond motifs is 6. The summed E-state index contributed by atoms with van der Waals surface area (Å²) in [4.78, 5) is 0. The number of aromatic nitrogens is 2. The van der Waals surface area contributed by atoms with Crippen LogP contribution in [0.15, 0.2) is 206 Å². The number of allylic oxidation sites excluding steroid dienone is 4. The maximum Gasteiger partial charge on any atom is 0.0541 e. The Kier molecular flexibility index (Phi) is 7.67. The van der Waals surface area contributed by atoms with Crippen LogP contribution in [0.2, 0.25) is 0 Å². The standard InChI is InChI=1S/C54H38N2/c1-3-12-37(13-4-1)39-22-24-40(25-23-39)41-26-30-45(31-27-41)55-51-20-9-7-18-47(51)49-35-43(28-32-53(49)55)44-29-33-54-50(36-44)48-19-8-10-21-52(48)56(54)46-17-11-16-42(34-46)38-14-5-2-6-15-38/h2-3,5-36H,1,4H2. The first-order chi connectivity index (χ1) is 27.8. The Hall–Kier alpha value is -7.16. The molecule has 1 aliphatic rings. The van der Waals surface area contributed by atoms with Crippen LogP contribution in [0.3, 0.4) is 0 Å². The highest BCUT2D eigenvalue weighted by molar-refractivity contribution is 6.12. The quantitative estimate of drug-likeness (QED) is 0.162. The molecule has 2 nitrogen and oxygen atoms in total. The van der Waals surface area contributed by atoms with Gasteiger partial charge in [-0.1, -0.05) is 146 Å². The van der Waals surface area contributed by atoms with Crippen molar-refractivity contribution in [1.82, 2.24) is 9.13 Å². The van der Waals surface area contributed by atoms with Crippen LogP contribution >= 0.6 is 0 Å². The molecular weight excluding hydrogens is 677 g/mol. The second kappa shape index (κ2) is 13.3. The van der Waals surface area contributed by atoms with E-state index >= 15 is 0 Å². The summed E-state index contributed by atoms with van der Waals surface area (Å²) in [5, 5.41) is 5.02. The Morgan fingerprint density at radius 3 is 1.41 bits per heavy atom. The maximum atomic E-state index is 2.41. The van der Waals surface area contributed by atoms with E-state index < -0.39 is 0 Å². The molecule has 56 heavy (non-hydrogen) atoms. The Labute approximate surface area is 326 Å². The van der Waals surface area contributed by atoms with Gasteiger partial charge >= 0.3 is 0 Å². The van der Waals surface area contributed by atoms with Crippen LogP contribution in [0, 0.1) is 0 Å². The minimum absolute atomic E-state index is 1.12. The third-order valence-corrected chi connectivity index (χ3v) is 11.6. The van der Waals surface area contributed by atoms with Gasteiger partial charge in [-0.15, -0.1) is 0 Å². The lowest BCUT2D eigenvalue weighted by Crippen LogP contribution is -1.94. The van der Waals surface area contributed by atoms with Gasteiger partial charge in [0.05, 0.1) is 22.1 Å². The lowest BCUT2D eigenvalue weighted by atomic mass is 9.97. The highest BCUT2D eigenvalue weighted by atomic mass is 15.0. The van der Waals surface area contributed by atoms with Gasteiger partial charge in [-0.2, -0.15) is 0 Å². The summed E-state index contributed by atoms with van der Waals surface area (Å²) in [5.41, 5.74) is 17.1. The van der Waals surface area contributed by atoms with E-state index in [2.05, 4.69) is 215 Å². The molecule has 0 amide bonds. The first-order valence-corrected chi connectivity index (χ1v) is 19.6. The molecule has 0 N–H and O–H groups in total. The summed E-state index contributed by atoms with van der Waals surface area (Å²) in [6.45, 7) is 0. The highest BCUT2D eigenvalue weighted by Crippen LogP contribution is 2.39. The van der Waals surface area contributed by atoms with Crippen LogP contribution < -0.4 is 0 Å². The molecule has 0 spiro atoms. The van der Waals surface area contributed by atoms with Crippen molar-refractivity contribution in [2.75, 3.05) is 0 Å². The Morgan fingerprint density at radius 2 is 0.786 bits per heavy atom. The molecule has 10 aromatic rings. The lowest BCUT2D eigenvalue weighted by molar-refractivity contribution is 1.04. The summed E-state index contributed by atoms with van der Waals surface area (Å²) in [5.74, 6) is 0. The first-order valence-electron chi connectivity index (χ1n) is 19.6. The molecule has 11 rings (SSSR count). The molecule has 0 radical (unpaired) electrons. The predicted molar refractivity (Wildman–Crippen MR) is 238 cm³/mol. The average Bonchev–Trinajstić information content (AvgIpc) is 3.79. The van der Waals surface area contributed by atoms with Gasteiger partial charge in [0, 0.05) is 32.9 Å². The van der Waals surface area contributed by atoms with E-state index in [-0.39, 0.29) is 0 Å². The van der Waals surface area contributed by atoms with Crippen molar-refractivity contribution in [3.63, 3.8) is 0 Å². The third kappa shape index (κ3) is 5.41. The second-order valence-electron chi connectivity index (χ2n) is 14.8. The monoisotopic (exact) mass is 714 g/mol. The highest BCUT2D eigenvalue weighted by Gasteiger charge is 2.17. The van der Waals surface area contributed by atoms with E-state index in [1.165, 1.54) is 88.1 Å². The van der Waals surface area contributed by atoms with Crippen LogP contribution in [-0.2, 0) is 0 Å². The van der Waals surface area contributed by atoms with Gasteiger partial charge in [0.15, 0.2) is 0 Å². The van der Waals surface area contributed by atoms with E-state index in [1.54, 1.807) is 0 Å². The SMILES string of the molecule is C1=CC(c2ccc(-c3ccc(-n4c5ccccc5c5cc(-c6ccc7c(c6)c6ccccc6n7-c6cccc(-c7ccccc7)c6)ccc54)cc3)cc2)=CCC1. The van der Waals surface area contributed by atoms with Crippen molar-refractivity contribution in [2.24, 2.45) is 0 Å². The average molecular weight is 715 g/mol. The van der Waals surface area contributed by atoms with Crippen molar-refractivity contribution in [3.05, 3.63) is 212 Å². The summed E-state index contributed by atoms with van der Waals surface area (Å²) in [7, 11) is 0. The smallest absolute Gasteiger partial charge is 0.0541 e. The van der Waals surface area contributed by atoms with Gasteiger partial charge in [-0.3, -0.25) is 0 Å². The number of para-hydroxylation sites is 2. The molecule has 0 fully saturated rings. The molecule has 2 heterocycles. The molecule has 0 unspecified atom stereocenters. The van der Waals surface area contributed by atoms with Gasteiger partial charge in [-0.05, 0) is 118 Å². The zero-order chi connectivity index (χ0) is 37.0. The van der Waals surface area contributed by atoms with Gasteiger partial charge in [-0.25, -0.2) is 0 Å². The topological polar surface area (TPSA) is 9.86 Å². The molecule has 8 aromatic carbocycles. The van der Waals surface area contributed by atoms with Crippen LogP contribution in [0.4, 0.5) is 0 Å². The molecule has 2 heteroatoms.